The molecule has 3 N–H and O–H groups in total. The molecule has 0 saturated heterocycles. The number of carbonyl (C=O) groups is 2. The minimum Gasteiger partial charge on any atom is -0.507 e. The number of carboxylic acid groups (broad SMARTS) is 1. The van der Waals surface area contributed by atoms with Crippen LogP contribution in [-0.4, -0.2) is 22.1 Å². The second-order valence-electron chi connectivity index (χ2n) is 4.08. The Morgan fingerprint density at radius 3 is 2.43 bits per heavy atom. The average molecular weight is 293 g/mol. The van der Waals surface area contributed by atoms with Crippen molar-refractivity contribution < 1.29 is 28.6 Å². The fourth-order valence-corrected chi connectivity index (χ4v) is 1.73. The van der Waals surface area contributed by atoms with Crippen molar-refractivity contribution >= 4 is 17.6 Å². The molecule has 0 bridgehead atoms. The van der Waals surface area contributed by atoms with E-state index in [0.717, 1.165) is 24.3 Å². The van der Waals surface area contributed by atoms with E-state index >= 15 is 0 Å². The summed E-state index contributed by atoms with van der Waals surface area (Å²) in [7, 11) is 0. The Morgan fingerprint density at radius 2 is 1.81 bits per heavy atom. The number of nitrogens with one attached hydrogen (secondary N) is 1. The van der Waals surface area contributed by atoms with E-state index in [1.165, 1.54) is 12.1 Å². The van der Waals surface area contributed by atoms with Gasteiger partial charge in [0.25, 0.3) is 5.91 Å². The van der Waals surface area contributed by atoms with Gasteiger partial charge < -0.3 is 15.5 Å². The molecule has 5 nitrogen and oxygen atoms in total. The van der Waals surface area contributed by atoms with E-state index in [2.05, 4.69) is 5.32 Å². The molecule has 0 aliphatic carbocycles. The Morgan fingerprint density at radius 1 is 1.10 bits per heavy atom. The van der Waals surface area contributed by atoms with Gasteiger partial charge in [-0.25, -0.2) is 13.6 Å². The summed E-state index contributed by atoms with van der Waals surface area (Å²) in [4.78, 5) is 22.9. The van der Waals surface area contributed by atoms with Gasteiger partial charge in [0.15, 0.2) is 0 Å². The van der Waals surface area contributed by atoms with E-state index in [-0.39, 0.29) is 11.3 Å². The zero-order valence-electron chi connectivity index (χ0n) is 10.4. The highest BCUT2D eigenvalue weighted by molar-refractivity contribution is 6.09. The largest absolute Gasteiger partial charge is 0.507 e. The number of hydrogen-bond donors (Lipinski definition) is 3. The van der Waals surface area contributed by atoms with E-state index < -0.39 is 34.8 Å². The number of anilines is 1. The summed E-state index contributed by atoms with van der Waals surface area (Å²) in [5, 5.41) is 20.6. The lowest BCUT2D eigenvalue weighted by Gasteiger charge is -2.10. The fourth-order valence-electron chi connectivity index (χ4n) is 1.73. The minimum absolute atomic E-state index is 0.267. The zero-order chi connectivity index (χ0) is 15.6. The third-order valence-electron chi connectivity index (χ3n) is 2.68. The van der Waals surface area contributed by atoms with Crippen LogP contribution in [0.5, 0.6) is 5.75 Å². The maximum absolute atomic E-state index is 13.5. The standard InChI is InChI=1S/C14H9F2NO4/c15-7-4-5-8(11(18)6-7)13(19)17-10-3-1-2-9(16)12(10)14(20)21/h1-6,18H,(H,17,19)(H,20,21). The molecule has 0 atom stereocenters. The Hall–Kier alpha value is -2.96. The molecule has 0 aromatic heterocycles. The molecule has 108 valence electrons. The van der Waals surface area contributed by atoms with Crippen molar-refractivity contribution in [3.63, 3.8) is 0 Å². The first-order valence-electron chi connectivity index (χ1n) is 5.72. The van der Waals surface area contributed by atoms with Crippen molar-refractivity contribution in [2.75, 3.05) is 5.32 Å². The number of hydrogen-bond acceptors (Lipinski definition) is 3. The zero-order valence-corrected chi connectivity index (χ0v) is 10.4. The summed E-state index contributed by atoms with van der Waals surface area (Å²) in [5.74, 6) is -4.79. The molecule has 1 amide bonds. The molecule has 21 heavy (non-hydrogen) atoms. The number of phenolic OH excluding ortho intramolecular Hbond substituents is 1. The molecule has 0 unspecified atom stereocenters. The van der Waals surface area contributed by atoms with Crippen molar-refractivity contribution in [2.24, 2.45) is 0 Å². The maximum Gasteiger partial charge on any atom is 0.340 e. The summed E-state index contributed by atoms with van der Waals surface area (Å²) < 4.78 is 26.3. The van der Waals surface area contributed by atoms with E-state index in [1.54, 1.807) is 0 Å². The smallest absolute Gasteiger partial charge is 0.340 e. The molecule has 0 heterocycles. The summed E-state index contributed by atoms with van der Waals surface area (Å²) in [6.45, 7) is 0. The van der Waals surface area contributed by atoms with Gasteiger partial charge in [0.05, 0.1) is 11.3 Å². The summed E-state index contributed by atoms with van der Waals surface area (Å²) in [5.41, 5.74) is -1.24. The van der Waals surface area contributed by atoms with Crippen LogP contribution in [0, 0.1) is 11.6 Å². The number of phenols is 1. The highest BCUT2D eigenvalue weighted by Crippen LogP contribution is 2.23. The van der Waals surface area contributed by atoms with Crippen LogP contribution >= 0.6 is 0 Å². The third-order valence-corrected chi connectivity index (χ3v) is 2.68. The van der Waals surface area contributed by atoms with Crippen LogP contribution < -0.4 is 5.32 Å². The van der Waals surface area contributed by atoms with Gasteiger partial charge >= 0.3 is 5.97 Å². The first-order chi connectivity index (χ1) is 9.90. The van der Waals surface area contributed by atoms with Crippen molar-refractivity contribution in [1.82, 2.24) is 0 Å². The van der Waals surface area contributed by atoms with E-state index in [0.29, 0.717) is 0 Å². The van der Waals surface area contributed by atoms with Crippen LogP contribution in [-0.2, 0) is 0 Å². The van der Waals surface area contributed by atoms with Gasteiger partial charge in [-0.15, -0.1) is 0 Å². The van der Waals surface area contributed by atoms with Gasteiger partial charge in [0.1, 0.15) is 22.9 Å². The Labute approximate surface area is 117 Å². The van der Waals surface area contributed by atoms with Crippen LogP contribution in [0.2, 0.25) is 0 Å². The average Bonchev–Trinajstić information content (AvgIpc) is 2.37. The van der Waals surface area contributed by atoms with E-state index in [9.17, 15) is 23.5 Å². The number of amides is 1. The molecule has 2 rings (SSSR count). The first-order valence-corrected chi connectivity index (χ1v) is 5.72. The number of halogens is 2. The Bertz CT molecular complexity index is 731. The van der Waals surface area contributed by atoms with Gasteiger partial charge in [-0.05, 0) is 24.3 Å². The number of carbonyl (C=O) groups excluding carboxylic acids is 1. The molecule has 0 spiro atoms. The Balaban J connectivity index is 2.36. The number of aromatic hydroxyl groups is 1. The van der Waals surface area contributed by atoms with Gasteiger partial charge in [-0.3, -0.25) is 4.79 Å². The predicted octanol–water partition coefficient (Wildman–Crippen LogP) is 2.62. The predicted molar refractivity (Wildman–Crippen MR) is 69.4 cm³/mol. The summed E-state index contributed by atoms with van der Waals surface area (Å²) in [6.07, 6.45) is 0. The van der Waals surface area contributed by atoms with Crippen molar-refractivity contribution in [1.29, 1.82) is 0 Å². The molecule has 0 aliphatic heterocycles. The lowest BCUT2D eigenvalue weighted by Crippen LogP contribution is -2.16. The second-order valence-corrected chi connectivity index (χ2v) is 4.08. The summed E-state index contributed by atoms with van der Waals surface area (Å²) >= 11 is 0. The third kappa shape index (κ3) is 2.97. The molecular weight excluding hydrogens is 284 g/mol. The van der Waals surface area contributed by atoms with Gasteiger partial charge in [0, 0.05) is 6.07 Å². The van der Waals surface area contributed by atoms with E-state index in [1.807, 2.05) is 0 Å². The maximum atomic E-state index is 13.5. The highest BCUT2D eigenvalue weighted by atomic mass is 19.1. The first kappa shape index (κ1) is 14.4. The van der Waals surface area contributed by atoms with Crippen LogP contribution in [0.25, 0.3) is 0 Å². The molecule has 7 heteroatoms. The molecule has 2 aromatic carbocycles. The lowest BCUT2D eigenvalue weighted by molar-refractivity contribution is 0.0693. The highest BCUT2D eigenvalue weighted by Gasteiger charge is 2.19. The fraction of sp³-hybridized carbons (Fsp3) is 0. The van der Waals surface area contributed by atoms with E-state index in [4.69, 9.17) is 5.11 Å². The normalized spacial score (nSPS) is 10.2. The van der Waals surface area contributed by atoms with Gasteiger partial charge in [0.2, 0.25) is 0 Å². The molecule has 0 aliphatic rings. The molecular formula is C14H9F2NO4. The molecule has 0 fully saturated rings. The quantitative estimate of drug-likeness (QED) is 0.812. The van der Waals surface area contributed by atoms with Crippen molar-refractivity contribution in [3.8, 4) is 5.75 Å². The summed E-state index contributed by atoms with van der Waals surface area (Å²) in [6, 6.07) is 6.08. The van der Waals surface area contributed by atoms with Gasteiger partial charge in [-0.2, -0.15) is 0 Å². The van der Waals surface area contributed by atoms with Crippen molar-refractivity contribution in [2.45, 2.75) is 0 Å². The lowest BCUT2D eigenvalue weighted by atomic mass is 10.1. The molecule has 0 radical (unpaired) electrons. The second kappa shape index (κ2) is 5.58. The van der Waals surface area contributed by atoms with Crippen LogP contribution in [0.3, 0.4) is 0 Å². The Kier molecular flexibility index (Phi) is 3.84. The minimum atomic E-state index is -1.55. The molecule has 0 saturated carbocycles. The number of aromatic carboxylic acids is 1. The van der Waals surface area contributed by atoms with Crippen LogP contribution in [0.1, 0.15) is 20.7 Å². The number of carboxylic acids is 1. The van der Waals surface area contributed by atoms with Crippen LogP contribution in [0.15, 0.2) is 36.4 Å². The van der Waals surface area contributed by atoms with Crippen molar-refractivity contribution in [3.05, 3.63) is 59.2 Å². The monoisotopic (exact) mass is 293 g/mol. The number of rotatable bonds is 3. The topological polar surface area (TPSA) is 86.6 Å². The molecule has 2 aromatic rings. The van der Waals surface area contributed by atoms with Crippen LogP contribution in [0.4, 0.5) is 14.5 Å². The van der Waals surface area contributed by atoms with Gasteiger partial charge in [-0.1, -0.05) is 6.07 Å². The SMILES string of the molecule is O=C(Nc1cccc(F)c1C(=O)O)c1ccc(F)cc1O. The number of benzene rings is 2.